The number of fused-ring (bicyclic) bond motifs is 1. The molecule has 2 aromatic heterocycles. The molecular weight excluding hydrogens is 374 g/mol. The minimum atomic E-state index is -0.0585. The first-order chi connectivity index (χ1) is 13.6. The molecule has 0 spiro atoms. The first-order valence-corrected chi connectivity index (χ1v) is 9.91. The lowest BCUT2D eigenvalue weighted by Gasteiger charge is -2.31. The fourth-order valence-electron chi connectivity index (χ4n) is 3.88. The van der Waals surface area contributed by atoms with Crippen molar-refractivity contribution in [2.75, 3.05) is 20.2 Å². The third kappa shape index (κ3) is 3.28. The van der Waals surface area contributed by atoms with Crippen LogP contribution in [-0.2, 0) is 6.54 Å². The first kappa shape index (κ1) is 18.6. The van der Waals surface area contributed by atoms with Crippen molar-refractivity contribution in [2.24, 2.45) is 0 Å². The average molecular weight is 398 g/mol. The maximum atomic E-state index is 13.0. The van der Waals surface area contributed by atoms with Gasteiger partial charge < -0.3 is 14.2 Å². The number of hydrogen-bond acceptors (Lipinski definition) is 5. The fraction of sp³-hybridized carbons (Fsp3) is 0.400. The third-order valence-corrected chi connectivity index (χ3v) is 5.68. The molecule has 3 aromatic rings. The summed E-state index contributed by atoms with van der Waals surface area (Å²) >= 11 is 5.29. The van der Waals surface area contributed by atoms with Crippen LogP contribution in [0.25, 0.3) is 10.8 Å². The molecule has 1 aliphatic heterocycles. The van der Waals surface area contributed by atoms with E-state index in [1.54, 1.807) is 7.11 Å². The molecule has 3 heterocycles. The van der Waals surface area contributed by atoms with Gasteiger partial charge in [0.25, 0.3) is 5.91 Å². The van der Waals surface area contributed by atoms with Gasteiger partial charge in [0.1, 0.15) is 11.5 Å². The van der Waals surface area contributed by atoms with Gasteiger partial charge in [-0.2, -0.15) is 5.10 Å². The molecule has 0 radical (unpaired) electrons. The lowest BCUT2D eigenvalue weighted by Crippen LogP contribution is -2.38. The van der Waals surface area contributed by atoms with Crippen LogP contribution in [0.1, 0.15) is 42.0 Å². The van der Waals surface area contributed by atoms with Gasteiger partial charge in [0.15, 0.2) is 4.77 Å². The topological polar surface area (TPSA) is 76.0 Å². The van der Waals surface area contributed by atoms with E-state index in [9.17, 15) is 4.79 Å². The molecule has 0 atom stereocenters. The van der Waals surface area contributed by atoms with Crippen molar-refractivity contribution in [3.05, 3.63) is 46.6 Å². The second-order valence-corrected chi connectivity index (χ2v) is 7.32. The third-order valence-electron chi connectivity index (χ3n) is 5.37. The van der Waals surface area contributed by atoms with Crippen molar-refractivity contribution >= 4 is 28.9 Å². The van der Waals surface area contributed by atoms with Crippen LogP contribution in [0.15, 0.2) is 30.3 Å². The van der Waals surface area contributed by atoms with E-state index in [1.807, 2.05) is 39.8 Å². The highest BCUT2D eigenvalue weighted by Gasteiger charge is 2.28. The second-order valence-electron chi connectivity index (χ2n) is 6.94. The van der Waals surface area contributed by atoms with E-state index in [2.05, 4.69) is 22.1 Å². The molecule has 4 rings (SSSR count). The number of rotatable bonds is 4. The number of piperidine rings is 1. The number of nitrogens with one attached hydrogen (secondary N) is 1. The van der Waals surface area contributed by atoms with E-state index in [4.69, 9.17) is 17.0 Å². The van der Waals surface area contributed by atoms with Crippen LogP contribution in [0.3, 0.4) is 0 Å². The number of H-pyrrole nitrogens is 1. The van der Waals surface area contributed by atoms with Crippen molar-refractivity contribution in [2.45, 2.75) is 32.2 Å². The smallest absolute Gasteiger partial charge is 0.272 e. The predicted molar refractivity (Wildman–Crippen MR) is 109 cm³/mol. The van der Waals surface area contributed by atoms with Crippen LogP contribution < -0.4 is 4.74 Å². The zero-order valence-electron chi connectivity index (χ0n) is 16.0. The highest BCUT2D eigenvalue weighted by Crippen LogP contribution is 2.29. The van der Waals surface area contributed by atoms with Crippen LogP contribution in [0.5, 0.6) is 5.88 Å². The number of aromatic nitrogens is 4. The van der Waals surface area contributed by atoms with Crippen molar-refractivity contribution in [3.63, 3.8) is 0 Å². The highest BCUT2D eigenvalue weighted by atomic mass is 32.1. The summed E-state index contributed by atoms with van der Waals surface area (Å²) < 4.78 is 8.09. The SMILES string of the molecule is CCn1c(C2CCN(C(=O)c3cc4ccccc4c(OC)n3)CC2)n[nH]c1=S. The van der Waals surface area contributed by atoms with Gasteiger partial charge in [-0.05, 0) is 49.5 Å². The van der Waals surface area contributed by atoms with E-state index in [-0.39, 0.29) is 5.91 Å². The molecule has 0 aliphatic carbocycles. The Morgan fingerprint density at radius 1 is 1.32 bits per heavy atom. The monoisotopic (exact) mass is 397 g/mol. The van der Waals surface area contributed by atoms with Gasteiger partial charge in [-0.15, -0.1) is 0 Å². The number of benzene rings is 1. The summed E-state index contributed by atoms with van der Waals surface area (Å²) in [6, 6.07) is 9.64. The second kappa shape index (κ2) is 7.71. The zero-order valence-corrected chi connectivity index (χ0v) is 16.8. The molecule has 28 heavy (non-hydrogen) atoms. The number of carbonyl (C=O) groups excluding carboxylic acids is 1. The Morgan fingerprint density at radius 3 is 2.79 bits per heavy atom. The minimum Gasteiger partial charge on any atom is -0.481 e. The Labute approximate surface area is 168 Å². The molecule has 7 nitrogen and oxygen atoms in total. The van der Waals surface area contributed by atoms with Crippen molar-refractivity contribution in [1.82, 2.24) is 24.6 Å². The molecule has 146 valence electrons. The number of aromatic amines is 1. The Balaban J connectivity index is 1.53. The standard InChI is InChI=1S/C20H23N5O2S/c1-3-25-17(22-23-20(25)28)13-8-10-24(11-9-13)19(26)16-12-14-6-4-5-7-15(14)18(21-16)27-2/h4-7,12-13H,3,8-11H2,1-2H3,(H,23,28). The number of ether oxygens (including phenoxy) is 1. The summed E-state index contributed by atoms with van der Waals surface area (Å²) in [5.41, 5.74) is 0.422. The van der Waals surface area contributed by atoms with Crippen LogP contribution in [0.4, 0.5) is 0 Å². The predicted octanol–water partition coefficient (Wildman–Crippen LogP) is 3.54. The van der Waals surface area contributed by atoms with Gasteiger partial charge in [-0.3, -0.25) is 9.89 Å². The Bertz CT molecular complexity index is 1070. The molecule has 0 unspecified atom stereocenters. The molecule has 1 amide bonds. The van der Waals surface area contributed by atoms with Gasteiger partial charge >= 0.3 is 0 Å². The van der Waals surface area contributed by atoms with Crippen LogP contribution in [-0.4, -0.2) is 50.8 Å². The van der Waals surface area contributed by atoms with Crippen molar-refractivity contribution < 1.29 is 9.53 Å². The van der Waals surface area contributed by atoms with E-state index >= 15 is 0 Å². The number of likely N-dealkylation sites (tertiary alicyclic amines) is 1. The number of methoxy groups -OCH3 is 1. The molecule has 1 fully saturated rings. The summed E-state index contributed by atoms with van der Waals surface area (Å²) in [7, 11) is 1.58. The molecule has 1 aliphatic rings. The zero-order chi connectivity index (χ0) is 19.7. The lowest BCUT2D eigenvalue weighted by molar-refractivity contribution is 0.0703. The van der Waals surface area contributed by atoms with Crippen LogP contribution >= 0.6 is 12.2 Å². The molecule has 8 heteroatoms. The van der Waals surface area contributed by atoms with Gasteiger partial charge in [0.2, 0.25) is 5.88 Å². The quantitative estimate of drug-likeness (QED) is 0.682. The summed E-state index contributed by atoms with van der Waals surface area (Å²) in [5, 5.41) is 9.15. The van der Waals surface area contributed by atoms with E-state index in [0.29, 0.717) is 35.4 Å². The number of amides is 1. The summed E-state index contributed by atoms with van der Waals surface area (Å²) in [6.45, 7) is 4.20. The number of nitrogens with zero attached hydrogens (tertiary/aromatic N) is 4. The van der Waals surface area contributed by atoms with E-state index in [1.165, 1.54) is 0 Å². The Hall–Kier alpha value is -2.74. The highest BCUT2D eigenvalue weighted by molar-refractivity contribution is 7.71. The maximum absolute atomic E-state index is 13.0. The summed E-state index contributed by atoms with van der Waals surface area (Å²) in [5.74, 6) is 1.72. The fourth-order valence-corrected chi connectivity index (χ4v) is 4.15. The Morgan fingerprint density at radius 2 is 2.07 bits per heavy atom. The molecule has 0 saturated carbocycles. The first-order valence-electron chi connectivity index (χ1n) is 9.50. The maximum Gasteiger partial charge on any atom is 0.272 e. The Kier molecular flexibility index (Phi) is 5.13. The molecule has 1 aromatic carbocycles. The molecule has 1 saturated heterocycles. The molecule has 1 N–H and O–H groups in total. The minimum absolute atomic E-state index is 0.0585. The average Bonchev–Trinajstić information content (AvgIpc) is 3.12. The van der Waals surface area contributed by atoms with Gasteiger partial charge in [-0.25, -0.2) is 4.98 Å². The number of hydrogen-bond donors (Lipinski definition) is 1. The van der Waals surface area contributed by atoms with Crippen LogP contribution in [0.2, 0.25) is 0 Å². The van der Waals surface area contributed by atoms with Crippen LogP contribution in [0, 0.1) is 4.77 Å². The molecule has 0 bridgehead atoms. The van der Waals surface area contributed by atoms with E-state index < -0.39 is 0 Å². The van der Waals surface area contributed by atoms with Gasteiger partial charge in [0, 0.05) is 30.9 Å². The van der Waals surface area contributed by atoms with Crippen molar-refractivity contribution in [1.29, 1.82) is 0 Å². The largest absolute Gasteiger partial charge is 0.481 e. The van der Waals surface area contributed by atoms with Gasteiger partial charge in [0.05, 0.1) is 7.11 Å². The summed E-state index contributed by atoms with van der Waals surface area (Å²) in [6.07, 6.45) is 1.71. The molecular formula is C20H23N5O2S. The number of pyridine rings is 1. The lowest BCUT2D eigenvalue weighted by atomic mass is 9.95. The number of carbonyl (C=O) groups is 1. The van der Waals surface area contributed by atoms with Crippen molar-refractivity contribution in [3.8, 4) is 5.88 Å². The van der Waals surface area contributed by atoms with Gasteiger partial charge in [-0.1, -0.05) is 18.2 Å². The normalized spacial score (nSPS) is 15.1. The van der Waals surface area contributed by atoms with E-state index in [0.717, 1.165) is 36.0 Å². The summed E-state index contributed by atoms with van der Waals surface area (Å²) in [4.78, 5) is 19.4.